The van der Waals surface area contributed by atoms with Crippen LogP contribution in [0, 0.1) is 0 Å². The Labute approximate surface area is 101 Å². The van der Waals surface area contributed by atoms with E-state index >= 15 is 0 Å². The minimum atomic E-state index is -0.493. The Hall–Kier alpha value is -1.56. The molecule has 1 aromatic rings. The number of imidazole rings is 1. The van der Waals surface area contributed by atoms with Gasteiger partial charge in [-0.15, -0.1) is 0 Å². The van der Waals surface area contributed by atoms with Crippen molar-refractivity contribution in [1.29, 1.82) is 0 Å². The molecule has 1 atom stereocenters. The van der Waals surface area contributed by atoms with Crippen LogP contribution in [0.5, 0.6) is 0 Å². The first-order valence-electron chi connectivity index (χ1n) is 5.68. The van der Waals surface area contributed by atoms with Crippen molar-refractivity contribution in [3.05, 3.63) is 12.0 Å². The zero-order valence-corrected chi connectivity index (χ0v) is 10.5. The van der Waals surface area contributed by atoms with E-state index in [1.54, 1.807) is 11.5 Å². The van der Waals surface area contributed by atoms with Gasteiger partial charge in [0, 0.05) is 6.61 Å². The van der Waals surface area contributed by atoms with Crippen LogP contribution in [0.2, 0.25) is 0 Å². The second kappa shape index (κ2) is 6.24. The first kappa shape index (κ1) is 13.5. The van der Waals surface area contributed by atoms with Crippen LogP contribution >= 0.6 is 0 Å². The molecule has 0 saturated heterocycles. The number of ether oxygens (including phenoxy) is 2. The summed E-state index contributed by atoms with van der Waals surface area (Å²) in [5, 5.41) is 0. The van der Waals surface area contributed by atoms with Gasteiger partial charge in [-0.3, -0.25) is 0 Å². The lowest BCUT2D eigenvalue weighted by Crippen LogP contribution is -2.15. The molecule has 0 radical (unpaired) electrons. The molecular formula is C11H19N3O3. The Bertz CT molecular complexity index is 376. The summed E-state index contributed by atoms with van der Waals surface area (Å²) in [5.41, 5.74) is 6.01. The normalized spacial score (nSPS) is 12.4. The van der Waals surface area contributed by atoms with Crippen molar-refractivity contribution < 1.29 is 14.3 Å². The summed E-state index contributed by atoms with van der Waals surface area (Å²) in [4.78, 5) is 15.5. The van der Waals surface area contributed by atoms with Gasteiger partial charge in [0.25, 0.3) is 0 Å². The molecule has 0 fully saturated rings. The van der Waals surface area contributed by atoms with Gasteiger partial charge in [-0.1, -0.05) is 0 Å². The van der Waals surface area contributed by atoms with Crippen LogP contribution in [0.3, 0.4) is 0 Å². The highest BCUT2D eigenvalue weighted by Crippen LogP contribution is 2.17. The van der Waals surface area contributed by atoms with E-state index in [-0.39, 0.29) is 11.7 Å². The lowest BCUT2D eigenvalue weighted by atomic mass is 10.3. The van der Waals surface area contributed by atoms with Gasteiger partial charge in [-0.25, -0.2) is 9.78 Å². The van der Waals surface area contributed by atoms with Crippen molar-refractivity contribution in [3.63, 3.8) is 0 Å². The molecule has 0 spiro atoms. The molecule has 6 heteroatoms. The monoisotopic (exact) mass is 241 g/mol. The lowest BCUT2D eigenvalue weighted by molar-refractivity contribution is 0.0521. The number of carbonyl (C=O) groups excluding carboxylic acids is 1. The van der Waals surface area contributed by atoms with Crippen molar-refractivity contribution in [2.75, 3.05) is 25.6 Å². The standard InChI is InChI=1S/C11H19N3O3/c1-4-16-6-8(3)14-7-13-9(10(14)12)11(15)17-5-2/h7-8H,4-6,12H2,1-3H3. The van der Waals surface area contributed by atoms with Gasteiger partial charge in [0.1, 0.15) is 5.82 Å². The number of hydrogen-bond acceptors (Lipinski definition) is 5. The van der Waals surface area contributed by atoms with Gasteiger partial charge in [0.2, 0.25) is 0 Å². The number of aromatic nitrogens is 2. The van der Waals surface area contributed by atoms with Gasteiger partial charge < -0.3 is 19.8 Å². The van der Waals surface area contributed by atoms with E-state index in [0.717, 1.165) is 0 Å². The first-order valence-corrected chi connectivity index (χ1v) is 5.68. The van der Waals surface area contributed by atoms with Crippen LogP contribution < -0.4 is 5.73 Å². The maximum absolute atomic E-state index is 11.5. The molecule has 2 N–H and O–H groups in total. The highest BCUT2D eigenvalue weighted by atomic mass is 16.5. The first-order chi connectivity index (χ1) is 8.11. The minimum Gasteiger partial charge on any atom is -0.461 e. The molecule has 0 aliphatic carbocycles. The number of nitrogens with zero attached hydrogens (tertiary/aromatic N) is 2. The Morgan fingerprint density at radius 2 is 2.24 bits per heavy atom. The molecule has 0 bridgehead atoms. The van der Waals surface area contributed by atoms with Gasteiger partial charge in [-0.2, -0.15) is 0 Å². The molecule has 96 valence electrons. The molecular weight excluding hydrogens is 222 g/mol. The van der Waals surface area contributed by atoms with Gasteiger partial charge in [-0.05, 0) is 20.8 Å². The number of nitrogens with two attached hydrogens (primary N) is 1. The quantitative estimate of drug-likeness (QED) is 0.758. The molecule has 17 heavy (non-hydrogen) atoms. The van der Waals surface area contributed by atoms with Crippen molar-refractivity contribution in [1.82, 2.24) is 9.55 Å². The van der Waals surface area contributed by atoms with E-state index in [0.29, 0.717) is 25.6 Å². The number of nitrogen functional groups attached to an aromatic ring is 1. The maximum Gasteiger partial charge on any atom is 0.360 e. The Balaban J connectivity index is 2.79. The SMILES string of the molecule is CCOCC(C)n1cnc(C(=O)OCC)c1N. The molecule has 1 heterocycles. The van der Waals surface area contributed by atoms with Gasteiger partial charge in [0.15, 0.2) is 5.69 Å². The number of esters is 1. The average molecular weight is 241 g/mol. The number of anilines is 1. The van der Waals surface area contributed by atoms with Crippen LogP contribution in [-0.2, 0) is 9.47 Å². The predicted molar refractivity (Wildman–Crippen MR) is 63.8 cm³/mol. The van der Waals surface area contributed by atoms with Crippen LogP contribution in [-0.4, -0.2) is 35.3 Å². The number of rotatable bonds is 6. The Kier molecular flexibility index (Phi) is 4.96. The summed E-state index contributed by atoms with van der Waals surface area (Å²) in [7, 11) is 0. The molecule has 6 nitrogen and oxygen atoms in total. The van der Waals surface area contributed by atoms with Gasteiger partial charge in [0.05, 0.1) is 25.6 Å². The molecule has 1 rings (SSSR count). The third-order valence-corrected chi connectivity index (χ3v) is 2.34. The van der Waals surface area contributed by atoms with Gasteiger partial charge >= 0.3 is 5.97 Å². The second-order valence-corrected chi connectivity index (χ2v) is 3.61. The summed E-state index contributed by atoms with van der Waals surface area (Å²) >= 11 is 0. The van der Waals surface area contributed by atoms with E-state index < -0.39 is 5.97 Å². The van der Waals surface area contributed by atoms with Crippen molar-refractivity contribution in [2.45, 2.75) is 26.8 Å². The molecule has 0 aliphatic heterocycles. The summed E-state index contributed by atoms with van der Waals surface area (Å²) in [6.45, 7) is 7.09. The summed E-state index contributed by atoms with van der Waals surface area (Å²) in [5.74, 6) is -0.178. The maximum atomic E-state index is 11.5. The van der Waals surface area contributed by atoms with Crippen LogP contribution in [0.15, 0.2) is 6.33 Å². The zero-order chi connectivity index (χ0) is 12.8. The summed E-state index contributed by atoms with van der Waals surface area (Å²) < 4.78 is 11.9. The van der Waals surface area contributed by atoms with Crippen molar-refractivity contribution in [2.24, 2.45) is 0 Å². The zero-order valence-electron chi connectivity index (χ0n) is 10.5. The van der Waals surface area contributed by atoms with E-state index in [1.807, 2.05) is 13.8 Å². The Morgan fingerprint density at radius 3 is 2.82 bits per heavy atom. The van der Waals surface area contributed by atoms with E-state index in [1.165, 1.54) is 6.33 Å². The fourth-order valence-electron chi connectivity index (χ4n) is 1.45. The third-order valence-electron chi connectivity index (χ3n) is 2.34. The summed E-state index contributed by atoms with van der Waals surface area (Å²) in [6, 6.07) is 0.0330. The Morgan fingerprint density at radius 1 is 1.53 bits per heavy atom. The molecule has 1 unspecified atom stereocenters. The number of hydrogen-bond donors (Lipinski definition) is 1. The van der Waals surface area contributed by atoms with Crippen LogP contribution in [0.1, 0.15) is 37.3 Å². The topological polar surface area (TPSA) is 79.4 Å². The largest absolute Gasteiger partial charge is 0.461 e. The van der Waals surface area contributed by atoms with Crippen molar-refractivity contribution >= 4 is 11.8 Å². The van der Waals surface area contributed by atoms with E-state index in [2.05, 4.69) is 4.98 Å². The van der Waals surface area contributed by atoms with Crippen LogP contribution in [0.25, 0.3) is 0 Å². The molecule has 0 aliphatic rings. The lowest BCUT2D eigenvalue weighted by Gasteiger charge is -2.14. The van der Waals surface area contributed by atoms with E-state index in [4.69, 9.17) is 15.2 Å². The fraction of sp³-hybridized carbons (Fsp3) is 0.636. The fourth-order valence-corrected chi connectivity index (χ4v) is 1.45. The number of carbonyl (C=O) groups is 1. The average Bonchev–Trinajstić information content (AvgIpc) is 2.68. The van der Waals surface area contributed by atoms with Crippen LogP contribution in [0.4, 0.5) is 5.82 Å². The van der Waals surface area contributed by atoms with E-state index in [9.17, 15) is 4.79 Å². The minimum absolute atomic E-state index is 0.0330. The predicted octanol–water partition coefficient (Wildman–Crippen LogP) is 1.24. The van der Waals surface area contributed by atoms with Crippen molar-refractivity contribution in [3.8, 4) is 0 Å². The highest BCUT2D eigenvalue weighted by molar-refractivity contribution is 5.92. The second-order valence-electron chi connectivity index (χ2n) is 3.61. The third kappa shape index (κ3) is 3.20. The highest BCUT2D eigenvalue weighted by Gasteiger charge is 2.19. The smallest absolute Gasteiger partial charge is 0.360 e. The molecule has 0 amide bonds. The summed E-state index contributed by atoms with van der Waals surface area (Å²) in [6.07, 6.45) is 1.53. The molecule has 1 aromatic heterocycles. The molecule has 0 aromatic carbocycles. The molecule has 0 saturated carbocycles.